The topological polar surface area (TPSA) is 61.8 Å². The molecule has 148 valence electrons. The smallest absolute Gasteiger partial charge is 0.339 e. The second kappa shape index (κ2) is 10.4. The monoisotopic (exact) mass is 382 g/mol. The summed E-state index contributed by atoms with van der Waals surface area (Å²) in [5.74, 6) is -0.0451. The molecule has 0 bridgehead atoms. The summed E-state index contributed by atoms with van der Waals surface area (Å²) in [5.41, 5.74) is 2.32. The summed E-state index contributed by atoms with van der Waals surface area (Å²) in [6, 6.07) is 12.4. The average Bonchev–Trinajstić information content (AvgIpc) is 2.74. The maximum absolute atomic E-state index is 13.2. The number of benzene rings is 2. The van der Waals surface area contributed by atoms with Crippen molar-refractivity contribution in [3.8, 4) is 5.75 Å². The number of rotatable bonds is 10. The molecule has 0 N–H and O–H groups in total. The van der Waals surface area contributed by atoms with E-state index in [1.165, 1.54) is 7.11 Å². The Morgan fingerprint density at radius 2 is 1.82 bits per heavy atom. The van der Waals surface area contributed by atoms with Crippen molar-refractivity contribution in [1.82, 2.24) is 0 Å². The molecular weight excluding hydrogens is 356 g/mol. The largest absolute Gasteiger partial charge is 0.494 e. The third-order valence-corrected chi connectivity index (χ3v) is 4.31. The van der Waals surface area contributed by atoms with Gasteiger partial charge < -0.3 is 14.2 Å². The first-order valence-corrected chi connectivity index (χ1v) is 9.26. The van der Waals surface area contributed by atoms with E-state index in [1.807, 2.05) is 26.0 Å². The molecule has 0 fully saturated rings. The summed E-state index contributed by atoms with van der Waals surface area (Å²) in [6.07, 6.45) is 1.20. The lowest BCUT2D eigenvalue weighted by Gasteiger charge is -2.21. The Labute approximate surface area is 165 Å². The normalized spacial score (nSPS) is 11.5. The number of carbonyl (C=O) groups is 2. The van der Waals surface area contributed by atoms with Crippen LogP contribution in [0.2, 0.25) is 0 Å². The lowest BCUT2D eigenvalue weighted by Crippen LogP contribution is -2.22. The highest BCUT2D eigenvalue weighted by Crippen LogP contribution is 2.29. The molecule has 1 atom stereocenters. The molecule has 0 aromatic heterocycles. The third kappa shape index (κ3) is 4.87. The summed E-state index contributed by atoms with van der Waals surface area (Å²) in [5, 5.41) is 0. The van der Waals surface area contributed by atoms with E-state index in [0.717, 1.165) is 5.56 Å². The van der Waals surface area contributed by atoms with Crippen molar-refractivity contribution in [2.24, 2.45) is 0 Å². The third-order valence-electron chi connectivity index (χ3n) is 4.31. The van der Waals surface area contributed by atoms with Crippen LogP contribution in [-0.4, -0.2) is 32.1 Å². The van der Waals surface area contributed by atoms with Crippen LogP contribution in [0.25, 0.3) is 0 Å². The fourth-order valence-electron chi connectivity index (χ4n) is 2.99. The maximum Gasteiger partial charge on any atom is 0.339 e. The van der Waals surface area contributed by atoms with Crippen LogP contribution in [-0.2, 0) is 20.7 Å². The molecule has 0 spiro atoms. The Bertz CT molecular complexity index is 823. The van der Waals surface area contributed by atoms with E-state index >= 15 is 0 Å². The van der Waals surface area contributed by atoms with Crippen molar-refractivity contribution in [2.75, 3.05) is 20.3 Å². The minimum atomic E-state index is -0.999. The summed E-state index contributed by atoms with van der Waals surface area (Å²) >= 11 is 0. The van der Waals surface area contributed by atoms with Crippen LogP contribution in [0.1, 0.15) is 47.0 Å². The number of aryl methyl sites for hydroxylation is 1. The van der Waals surface area contributed by atoms with Gasteiger partial charge in [-0.1, -0.05) is 31.2 Å². The van der Waals surface area contributed by atoms with Crippen LogP contribution in [0.5, 0.6) is 5.75 Å². The Morgan fingerprint density at radius 3 is 2.39 bits per heavy atom. The van der Waals surface area contributed by atoms with E-state index in [1.54, 1.807) is 36.4 Å². The zero-order valence-electron chi connectivity index (χ0n) is 16.6. The van der Waals surface area contributed by atoms with Gasteiger partial charge in [-0.3, -0.25) is 4.79 Å². The van der Waals surface area contributed by atoms with E-state index in [2.05, 4.69) is 6.58 Å². The molecule has 1 unspecified atom stereocenters. The van der Waals surface area contributed by atoms with Crippen LogP contribution < -0.4 is 4.74 Å². The van der Waals surface area contributed by atoms with Gasteiger partial charge in [0.2, 0.25) is 0 Å². The van der Waals surface area contributed by atoms with E-state index in [9.17, 15) is 9.59 Å². The Hall–Kier alpha value is -2.92. The molecule has 5 nitrogen and oxygen atoms in total. The number of hydrogen-bond donors (Lipinski definition) is 0. The molecule has 0 aliphatic rings. The van der Waals surface area contributed by atoms with Gasteiger partial charge in [0.25, 0.3) is 0 Å². The van der Waals surface area contributed by atoms with Crippen LogP contribution in [0.4, 0.5) is 0 Å². The number of carbonyl (C=O) groups excluding carboxylic acids is 2. The predicted octanol–water partition coefficient (Wildman–Crippen LogP) is 4.30. The fourth-order valence-corrected chi connectivity index (χ4v) is 2.99. The average molecular weight is 382 g/mol. The van der Waals surface area contributed by atoms with E-state index < -0.39 is 12.1 Å². The Kier molecular flexibility index (Phi) is 7.96. The van der Waals surface area contributed by atoms with Crippen molar-refractivity contribution in [2.45, 2.75) is 26.4 Å². The molecule has 0 amide bonds. The number of esters is 1. The van der Waals surface area contributed by atoms with Gasteiger partial charge in [-0.05, 0) is 43.2 Å². The first kappa shape index (κ1) is 21.4. The number of methoxy groups -OCH3 is 1. The van der Waals surface area contributed by atoms with Crippen LogP contribution in [0.3, 0.4) is 0 Å². The van der Waals surface area contributed by atoms with E-state index in [4.69, 9.17) is 14.2 Å². The zero-order chi connectivity index (χ0) is 20.5. The molecule has 0 saturated heterocycles. The van der Waals surface area contributed by atoms with Gasteiger partial charge >= 0.3 is 5.97 Å². The number of ketones is 1. The highest BCUT2D eigenvalue weighted by atomic mass is 16.6. The van der Waals surface area contributed by atoms with Gasteiger partial charge in [-0.2, -0.15) is 0 Å². The first-order chi connectivity index (χ1) is 13.6. The molecule has 2 rings (SSSR count). The highest BCUT2D eigenvalue weighted by Gasteiger charge is 2.29. The summed E-state index contributed by atoms with van der Waals surface area (Å²) in [6.45, 7) is 8.21. The van der Waals surface area contributed by atoms with Crippen LogP contribution in [0.15, 0.2) is 55.1 Å². The molecule has 2 aromatic carbocycles. The summed E-state index contributed by atoms with van der Waals surface area (Å²) in [4.78, 5) is 25.6. The summed E-state index contributed by atoms with van der Waals surface area (Å²) in [7, 11) is 1.30. The molecule has 5 heteroatoms. The van der Waals surface area contributed by atoms with Crippen LogP contribution in [0, 0.1) is 0 Å². The van der Waals surface area contributed by atoms with Crippen LogP contribution >= 0.6 is 0 Å². The summed E-state index contributed by atoms with van der Waals surface area (Å²) < 4.78 is 16.0. The minimum absolute atomic E-state index is 0.161. The Morgan fingerprint density at radius 1 is 1.11 bits per heavy atom. The van der Waals surface area contributed by atoms with Gasteiger partial charge in [0.15, 0.2) is 11.9 Å². The maximum atomic E-state index is 13.2. The quantitative estimate of drug-likeness (QED) is 0.348. The van der Waals surface area contributed by atoms with E-state index in [0.29, 0.717) is 35.5 Å². The highest BCUT2D eigenvalue weighted by molar-refractivity contribution is 6.10. The van der Waals surface area contributed by atoms with Crippen molar-refractivity contribution in [1.29, 1.82) is 0 Å². The van der Waals surface area contributed by atoms with Gasteiger partial charge in [0.05, 0.1) is 20.3 Å². The lowest BCUT2D eigenvalue weighted by molar-refractivity contribution is -0.153. The van der Waals surface area contributed by atoms with Crippen molar-refractivity contribution in [3.05, 3.63) is 77.4 Å². The zero-order valence-corrected chi connectivity index (χ0v) is 16.6. The van der Waals surface area contributed by atoms with Gasteiger partial charge in [-0.25, -0.2) is 4.79 Å². The standard InChI is InChI=1S/C23H26O5/c1-5-15-28-22(23(25)26-4)20-16(6-2)9-8-10-19(20)21(24)17-11-13-18(14-12-17)27-7-3/h5,8-14,22H,1,6-7,15H2,2-4H3. The predicted molar refractivity (Wildman–Crippen MR) is 108 cm³/mol. The second-order valence-corrected chi connectivity index (χ2v) is 6.04. The molecule has 2 aromatic rings. The van der Waals surface area contributed by atoms with Gasteiger partial charge in [-0.15, -0.1) is 6.58 Å². The van der Waals surface area contributed by atoms with Crippen molar-refractivity contribution < 1.29 is 23.8 Å². The molecule has 0 heterocycles. The molecule has 0 saturated carbocycles. The molecule has 0 aliphatic carbocycles. The van der Waals surface area contributed by atoms with Gasteiger partial charge in [0.1, 0.15) is 5.75 Å². The number of ether oxygens (including phenoxy) is 3. The fraction of sp³-hybridized carbons (Fsp3) is 0.304. The van der Waals surface area contributed by atoms with Crippen molar-refractivity contribution in [3.63, 3.8) is 0 Å². The lowest BCUT2D eigenvalue weighted by atomic mass is 9.90. The molecule has 0 aliphatic heterocycles. The molecule has 0 radical (unpaired) electrons. The van der Waals surface area contributed by atoms with Gasteiger partial charge in [0, 0.05) is 16.7 Å². The Balaban J connectivity index is 2.52. The molecular formula is C23H26O5. The number of hydrogen-bond acceptors (Lipinski definition) is 5. The minimum Gasteiger partial charge on any atom is -0.494 e. The molecule has 28 heavy (non-hydrogen) atoms. The first-order valence-electron chi connectivity index (χ1n) is 9.26. The van der Waals surface area contributed by atoms with E-state index in [-0.39, 0.29) is 12.4 Å². The SMILES string of the molecule is C=CCOC(C(=O)OC)c1c(CC)cccc1C(=O)c1ccc(OCC)cc1. The second-order valence-electron chi connectivity index (χ2n) is 6.04. The van der Waals surface area contributed by atoms with Crippen molar-refractivity contribution >= 4 is 11.8 Å².